The Morgan fingerprint density at radius 3 is 2.88 bits per heavy atom. The van der Waals surface area contributed by atoms with Crippen LogP contribution >= 0.6 is 11.6 Å². The molecule has 0 unspecified atom stereocenters. The Morgan fingerprint density at radius 2 is 2.25 bits per heavy atom. The average Bonchev–Trinajstić information content (AvgIpc) is 3.03. The van der Waals surface area contributed by atoms with Gasteiger partial charge in [-0.2, -0.15) is 0 Å². The van der Waals surface area contributed by atoms with Gasteiger partial charge in [0, 0.05) is 25.2 Å². The average molecular weight is 347 g/mol. The molecule has 0 saturated heterocycles. The molecule has 1 aliphatic rings. The van der Waals surface area contributed by atoms with E-state index in [4.69, 9.17) is 11.6 Å². The highest BCUT2D eigenvalue weighted by atomic mass is 35.5. The van der Waals surface area contributed by atoms with E-state index in [2.05, 4.69) is 28.3 Å². The van der Waals surface area contributed by atoms with Crippen molar-refractivity contribution in [3.63, 3.8) is 0 Å². The van der Waals surface area contributed by atoms with Gasteiger partial charge in [-0.05, 0) is 31.3 Å². The summed E-state index contributed by atoms with van der Waals surface area (Å²) in [7, 11) is 0. The van der Waals surface area contributed by atoms with Gasteiger partial charge in [0.25, 0.3) is 5.91 Å². The van der Waals surface area contributed by atoms with Crippen LogP contribution in [0.5, 0.6) is 0 Å². The van der Waals surface area contributed by atoms with Crippen LogP contribution in [0.15, 0.2) is 40.5 Å². The second kappa shape index (κ2) is 6.20. The van der Waals surface area contributed by atoms with Crippen LogP contribution in [0.3, 0.4) is 0 Å². The number of amides is 1. The van der Waals surface area contributed by atoms with Crippen LogP contribution in [-0.4, -0.2) is 40.6 Å². The molecular formula is C17H16ClFN4O. The number of rotatable bonds is 3. The molecule has 1 aromatic heterocycles. The van der Waals surface area contributed by atoms with Crippen molar-refractivity contribution < 1.29 is 9.18 Å². The molecule has 0 spiro atoms. The van der Waals surface area contributed by atoms with E-state index in [0.717, 1.165) is 16.8 Å². The molecule has 0 radical (unpaired) electrons. The molecule has 2 aromatic rings. The minimum Gasteiger partial charge on any atom is -0.333 e. The molecule has 1 aliphatic heterocycles. The van der Waals surface area contributed by atoms with E-state index in [-0.39, 0.29) is 17.2 Å². The summed E-state index contributed by atoms with van der Waals surface area (Å²) >= 11 is 6.03. The Bertz CT molecular complexity index is 860. The number of halogens is 2. The van der Waals surface area contributed by atoms with Crippen LogP contribution in [0, 0.1) is 5.82 Å². The Morgan fingerprint density at radius 1 is 1.50 bits per heavy atom. The van der Waals surface area contributed by atoms with Crippen molar-refractivity contribution in [2.45, 2.75) is 13.3 Å². The Labute approximate surface area is 143 Å². The van der Waals surface area contributed by atoms with Gasteiger partial charge in [-0.25, -0.2) is 9.37 Å². The van der Waals surface area contributed by atoms with Crippen molar-refractivity contribution in [1.29, 1.82) is 0 Å². The summed E-state index contributed by atoms with van der Waals surface area (Å²) < 4.78 is 13.8. The van der Waals surface area contributed by atoms with E-state index in [0.29, 0.717) is 30.0 Å². The van der Waals surface area contributed by atoms with Crippen molar-refractivity contribution in [1.82, 2.24) is 14.9 Å². The zero-order valence-electron chi connectivity index (χ0n) is 13.2. The molecule has 24 heavy (non-hydrogen) atoms. The predicted octanol–water partition coefficient (Wildman–Crippen LogP) is 3.73. The zero-order chi connectivity index (χ0) is 17.4. The van der Waals surface area contributed by atoms with E-state index in [1.165, 1.54) is 12.1 Å². The summed E-state index contributed by atoms with van der Waals surface area (Å²) in [6.07, 6.45) is 0.590. The van der Waals surface area contributed by atoms with Crippen molar-refractivity contribution in [2.75, 3.05) is 13.1 Å². The highest BCUT2D eigenvalue weighted by molar-refractivity contribution is 6.35. The molecule has 2 heterocycles. The molecule has 124 valence electrons. The number of benzene rings is 1. The maximum Gasteiger partial charge on any atom is 0.289 e. The molecule has 0 atom stereocenters. The van der Waals surface area contributed by atoms with Crippen LogP contribution in [-0.2, 0) is 0 Å². The van der Waals surface area contributed by atoms with Crippen molar-refractivity contribution in [3.8, 4) is 0 Å². The number of carbonyl (C=O) groups excluding carboxylic acids is 1. The monoisotopic (exact) mass is 346 g/mol. The number of nitrogens with one attached hydrogen (secondary N) is 1. The quantitative estimate of drug-likeness (QED) is 0.861. The maximum absolute atomic E-state index is 13.8. The van der Waals surface area contributed by atoms with Crippen molar-refractivity contribution in [2.24, 2.45) is 4.99 Å². The molecule has 1 amide bonds. The summed E-state index contributed by atoms with van der Waals surface area (Å²) in [5.41, 5.74) is 2.97. The van der Waals surface area contributed by atoms with Crippen LogP contribution in [0.1, 0.15) is 24.0 Å². The number of nitrogens with zero attached hydrogens (tertiary/aromatic N) is 3. The molecule has 7 heteroatoms. The van der Waals surface area contributed by atoms with Crippen LogP contribution < -0.4 is 0 Å². The fraction of sp³-hybridized carbons (Fsp3) is 0.235. The molecular weight excluding hydrogens is 331 g/mol. The third-order valence-electron chi connectivity index (χ3n) is 4.06. The molecule has 0 aliphatic carbocycles. The first-order valence-corrected chi connectivity index (χ1v) is 7.77. The SMILES string of the molecule is C=NC1=C(C(=C)C)CN(C(=O)c2nc3c(F)ccc(Cl)c3[nH]2)CC1. The predicted molar refractivity (Wildman–Crippen MR) is 93.0 cm³/mol. The van der Waals surface area contributed by atoms with E-state index in [1.54, 1.807) is 4.90 Å². The standard InChI is InChI=1S/C17H16ClFN4O/c1-9(2)10-8-23(7-6-13(10)20-3)17(24)16-21-14-11(18)4-5-12(19)15(14)22-16/h4-5H,1,3,6-8H2,2H3,(H,21,22). The molecule has 0 bridgehead atoms. The number of fused-ring (bicyclic) bond motifs is 1. The molecule has 0 saturated carbocycles. The normalized spacial score (nSPS) is 15.0. The largest absolute Gasteiger partial charge is 0.333 e. The number of hydrogen-bond acceptors (Lipinski definition) is 3. The van der Waals surface area contributed by atoms with Gasteiger partial charge in [0.1, 0.15) is 5.52 Å². The molecule has 1 aromatic carbocycles. The maximum atomic E-state index is 13.8. The smallest absolute Gasteiger partial charge is 0.289 e. The van der Waals surface area contributed by atoms with E-state index in [1.807, 2.05) is 6.92 Å². The second-order valence-corrected chi connectivity index (χ2v) is 6.09. The molecule has 0 fully saturated rings. The first kappa shape index (κ1) is 16.4. The van der Waals surface area contributed by atoms with Gasteiger partial charge in [-0.15, -0.1) is 0 Å². The van der Waals surface area contributed by atoms with Gasteiger partial charge in [-0.3, -0.25) is 9.79 Å². The third kappa shape index (κ3) is 2.73. The number of aromatic nitrogens is 2. The van der Waals surface area contributed by atoms with E-state index < -0.39 is 5.82 Å². The van der Waals surface area contributed by atoms with Crippen molar-refractivity contribution >= 4 is 35.3 Å². The number of H-pyrrole nitrogens is 1. The second-order valence-electron chi connectivity index (χ2n) is 5.68. The van der Waals surface area contributed by atoms with Crippen LogP contribution in [0.25, 0.3) is 11.0 Å². The van der Waals surface area contributed by atoms with Gasteiger partial charge >= 0.3 is 0 Å². The fourth-order valence-electron chi connectivity index (χ4n) is 2.76. The van der Waals surface area contributed by atoms with Crippen LogP contribution in [0.4, 0.5) is 4.39 Å². The number of carbonyl (C=O) groups is 1. The lowest BCUT2D eigenvalue weighted by molar-refractivity contribution is 0.0754. The first-order valence-electron chi connectivity index (χ1n) is 7.40. The van der Waals surface area contributed by atoms with Crippen LogP contribution in [0.2, 0.25) is 5.02 Å². The van der Waals surface area contributed by atoms with E-state index >= 15 is 0 Å². The lowest BCUT2D eigenvalue weighted by Crippen LogP contribution is -2.37. The molecule has 1 N–H and O–H groups in total. The Hall–Kier alpha value is -2.47. The number of aromatic amines is 1. The molecule has 3 rings (SSSR count). The van der Waals surface area contributed by atoms with Crippen molar-refractivity contribution in [3.05, 3.63) is 52.2 Å². The van der Waals surface area contributed by atoms with Gasteiger partial charge < -0.3 is 9.88 Å². The zero-order valence-corrected chi connectivity index (χ0v) is 14.0. The van der Waals surface area contributed by atoms with Gasteiger partial charge in [0.05, 0.1) is 10.5 Å². The lowest BCUT2D eigenvalue weighted by Gasteiger charge is -2.29. The molecule has 5 nitrogen and oxygen atoms in total. The minimum absolute atomic E-state index is 0.0620. The summed E-state index contributed by atoms with van der Waals surface area (Å²) in [5.74, 6) is -0.777. The number of hydrogen-bond donors (Lipinski definition) is 1. The number of imidazole rings is 1. The van der Waals surface area contributed by atoms with Gasteiger partial charge in [-0.1, -0.05) is 23.8 Å². The summed E-state index contributed by atoms with van der Waals surface area (Å²) in [5, 5.41) is 0.317. The fourth-order valence-corrected chi connectivity index (χ4v) is 2.96. The van der Waals surface area contributed by atoms with E-state index in [9.17, 15) is 9.18 Å². The summed E-state index contributed by atoms with van der Waals surface area (Å²) in [6.45, 7) is 10.2. The highest BCUT2D eigenvalue weighted by Gasteiger charge is 2.26. The summed E-state index contributed by atoms with van der Waals surface area (Å²) in [4.78, 5) is 25.3. The minimum atomic E-state index is -0.524. The number of aliphatic imine (C=N–C) groups is 1. The topological polar surface area (TPSA) is 61.4 Å². The third-order valence-corrected chi connectivity index (χ3v) is 4.37. The van der Waals surface area contributed by atoms with Gasteiger partial charge in [0.2, 0.25) is 0 Å². The van der Waals surface area contributed by atoms with Gasteiger partial charge in [0.15, 0.2) is 11.6 Å². The highest BCUT2D eigenvalue weighted by Crippen LogP contribution is 2.27. The summed E-state index contributed by atoms with van der Waals surface area (Å²) in [6, 6.07) is 2.65. The Kier molecular flexibility index (Phi) is 4.24. The Balaban J connectivity index is 1.94. The first-order chi connectivity index (χ1) is 11.4. The lowest BCUT2D eigenvalue weighted by atomic mass is 10.0.